The normalized spacial score (nSPS) is 15.2. The van der Waals surface area contributed by atoms with Gasteiger partial charge < -0.3 is 9.47 Å². The molecule has 11 nitrogen and oxygen atoms in total. The molecule has 1 fully saturated rings. The van der Waals surface area contributed by atoms with Crippen molar-refractivity contribution in [1.29, 1.82) is 0 Å². The number of aromatic amines is 1. The number of aromatic nitrogens is 3. The van der Waals surface area contributed by atoms with E-state index in [1.807, 2.05) is 0 Å². The van der Waals surface area contributed by atoms with Gasteiger partial charge in [-0.25, -0.2) is 18.2 Å². The van der Waals surface area contributed by atoms with Crippen molar-refractivity contribution >= 4 is 21.4 Å². The zero-order valence-electron chi connectivity index (χ0n) is 22.5. The van der Waals surface area contributed by atoms with E-state index in [1.165, 1.54) is 41.1 Å². The van der Waals surface area contributed by atoms with Gasteiger partial charge >= 0.3 is 11.9 Å². The van der Waals surface area contributed by atoms with Gasteiger partial charge in [0.1, 0.15) is 23.1 Å². The van der Waals surface area contributed by atoms with Gasteiger partial charge in [0.05, 0.1) is 35.1 Å². The Hall–Kier alpha value is -3.73. The first-order valence-corrected chi connectivity index (χ1v) is 15.3. The van der Waals surface area contributed by atoms with Gasteiger partial charge in [0.25, 0.3) is 0 Å². The maximum absolute atomic E-state index is 13.1. The van der Waals surface area contributed by atoms with Crippen molar-refractivity contribution in [3.8, 4) is 33.5 Å². The number of halogens is 3. The number of rotatable bonds is 9. The van der Waals surface area contributed by atoms with Gasteiger partial charge in [-0.1, -0.05) is 17.3 Å². The number of alkyl halides is 3. The standard InChI is InChI=1S/C26H26F3N5O6S2/c1-38-21-13-18(7-8-19(21)23-31-25(35)40-32-23)39-15-22-20(14-33-9-11-34(12-10-33)42(2,36)37)30-24(41-22)16-3-5-17(6-4-16)26(27,28)29/h3-8,13H,9-12,14-15H2,1-2H3,(H,31,32,35). The number of benzene rings is 2. The Labute approximate surface area is 242 Å². The average molecular weight is 626 g/mol. The minimum absolute atomic E-state index is 0.111. The van der Waals surface area contributed by atoms with E-state index < -0.39 is 27.5 Å². The first kappa shape index (κ1) is 29.8. The second kappa shape index (κ2) is 11.9. The molecule has 0 spiro atoms. The van der Waals surface area contributed by atoms with Crippen LogP contribution >= 0.6 is 11.3 Å². The monoisotopic (exact) mass is 625 g/mol. The molecule has 0 saturated carbocycles. The summed E-state index contributed by atoms with van der Waals surface area (Å²) in [6.45, 7) is 2.23. The summed E-state index contributed by atoms with van der Waals surface area (Å²) in [5, 5.41) is 4.22. The molecule has 0 aliphatic carbocycles. The van der Waals surface area contributed by atoms with Gasteiger partial charge in [-0.15, -0.1) is 11.3 Å². The Morgan fingerprint density at radius 3 is 2.40 bits per heavy atom. The molecular formula is C26H26F3N5O6S2. The van der Waals surface area contributed by atoms with Gasteiger partial charge in [-0.05, 0) is 24.3 Å². The van der Waals surface area contributed by atoms with Crippen molar-refractivity contribution in [2.45, 2.75) is 19.3 Å². The van der Waals surface area contributed by atoms with Gasteiger partial charge in [0.15, 0.2) is 5.82 Å². The second-order valence-electron chi connectivity index (χ2n) is 9.50. The van der Waals surface area contributed by atoms with Crippen LogP contribution in [-0.4, -0.2) is 72.3 Å². The highest BCUT2D eigenvalue weighted by Crippen LogP contribution is 2.35. The van der Waals surface area contributed by atoms with Crippen LogP contribution in [0.5, 0.6) is 11.5 Å². The molecule has 1 saturated heterocycles. The quantitative estimate of drug-likeness (QED) is 0.295. The molecule has 3 heterocycles. The van der Waals surface area contributed by atoms with E-state index in [9.17, 15) is 26.4 Å². The lowest BCUT2D eigenvalue weighted by Gasteiger charge is -2.32. The molecule has 1 aliphatic heterocycles. The van der Waals surface area contributed by atoms with Crippen LogP contribution in [0.3, 0.4) is 0 Å². The summed E-state index contributed by atoms with van der Waals surface area (Å²) in [5.41, 5.74) is 0.968. The molecule has 16 heteroatoms. The van der Waals surface area contributed by atoms with Crippen molar-refractivity contribution in [3.63, 3.8) is 0 Å². The van der Waals surface area contributed by atoms with E-state index in [-0.39, 0.29) is 12.4 Å². The van der Waals surface area contributed by atoms with E-state index >= 15 is 0 Å². The highest BCUT2D eigenvalue weighted by molar-refractivity contribution is 7.88. The van der Waals surface area contributed by atoms with E-state index in [0.717, 1.165) is 17.0 Å². The molecule has 0 atom stereocenters. The van der Waals surface area contributed by atoms with E-state index in [4.69, 9.17) is 14.5 Å². The fraction of sp³-hybridized carbons (Fsp3) is 0.346. The average Bonchev–Trinajstić information content (AvgIpc) is 3.57. The highest BCUT2D eigenvalue weighted by atomic mass is 32.2. The molecule has 0 unspecified atom stereocenters. The Kier molecular flexibility index (Phi) is 8.41. The Bertz CT molecular complexity index is 1710. The summed E-state index contributed by atoms with van der Waals surface area (Å²) < 4.78 is 80.5. The maximum Gasteiger partial charge on any atom is 0.439 e. The summed E-state index contributed by atoms with van der Waals surface area (Å²) in [6.07, 6.45) is -3.26. The third kappa shape index (κ3) is 6.83. The lowest BCUT2D eigenvalue weighted by Crippen LogP contribution is -2.47. The van der Waals surface area contributed by atoms with Crippen LogP contribution in [-0.2, 0) is 29.4 Å². The predicted molar refractivity (Wildman–Crippen MR) is 148 cm³/mol. The van der Waals surface area contributed by atoms with Crippen molar-refractivity contribution in [2.24, 2.45) is 0 Å². The van der Waals surface area contributed by atoms with Crippen LogP contribution in [0.15, 0.2) is 51.8 Å². The topological polar surface area (TPSA) is 131 Å². The number of piperazine rings is 1. The molecule has 1 N–H and O–H groups in total. The first-order chi connectivity index (χ1) is 19.9. The van der Waals surface area contributed by atoms with Gasteiger partial charge in [0.2, 0.25) is 10.0 Å². The van der Waals surface area contributed by atoms with Gasteiger partial charge in [-0.2, -0.15) is 17.5 Å². The summed E-state index contributed by atoms with van der Waals surface area (Å²) in [5.74, 6) is 0.339. The molecule has 0 radical (unpaired) electrons. The summed E-state index contributed by atoms with van der Waals surface area (Å²) in [4.78, 5) is 21.4. The Morgan fingerprint density at radius 1 is 1.10 bits per heavy atom. The lowest BCUT2D eigenvalue weighted by molar-refractivity contribution is -0.137. The highest BCUT2D eigenvalue weighted by Gasteiger charge is 2.30. The number of methoxy groups -OCH3 is 1. The summed E-state index contributed by atoms with van der Waals surface area (Å²) in [6, 6.07) is 9.78. The van der Waals surface area contributed by atoms with E-state index in [0.29, 0.717) is 66.1 Å². The van der Waals surface area contributed by atoms with Crippen LogP contribution < -0.4 is 15.2 Å². The van der Waals surface area contributed by atoms with Crippen LogP contribution in [0.2, 0.25) is 0 Å². The number of thiazole rings is 1. The molecule has 0 amide bonds. The molecule has 1 aliphatic rings. The first-order valence-electron chi connectivity index (χ1n) is 12.6. The molecule has 0 bridgehead atoms. The number of nitrogens with one attached hydrogen (secondary N) is 1. The summed E-state index contributed by atoms with van der Waals surface area (Å²) >= 11 is 1.31. The molecule has 42 heavy (non-hydrogen) atoms. The molecule has 5 rings (SSSR count). The number of nitrogens with zero attached hydrogens (tertiary/aromatic N) is 4. The minimum Gasteiger partial charge on any atom is -0.496 e. The van der Waals surface area contributed by atoms with Crippen LogP contribution in [0.25, 0.3) is 22.0 Å². The zero-order valence-corrected chi connectivity index (χ0v) is 24.1. The molecule has 2 aromatic heterocycles. The number of ether oxygens (including phenoxy) is 2. The van der Waals surface area contributed by atoms with E-state index in [1.54, 1.807) is 18.2 Å². The fourth-order valence-corrected chi connectivity index (χ4v) is 6.24. The third-order valence-corrected chi connectivity index (χ3v) is 9.07. The van der Waals surface area contributed by atoms with Crippen molar-refractivity contribution in [1.82, 2.24) is 24.3 Å². The molecule has 4 aromatic rings. The van der Waals surface area contributed by atoms with Gasteiger partial charge in [0, 0.05) is 44.4 Å². The van der Waals surface area contributed by atoms with Crippen LogP contribution in [0, 0.1) is 0 Å². The zero-order chi connectivity index (χ0) is 30.1. The largest absolute Gasteiger partial charge is 0.496 e. The molecular weight excluding hydrogens is 599 g/mol. The van der Waals surface area contributed by atoms with Crippen LogP contribution in [0.1, 0.15) is 16.1 Å². The van der Waals surface area contributed by atoms with Crippen molar-refractivity contribution in [2.75, 3.05) is 39.5 Å². The number of H-pyrrole nitrogens is 1. The summed E-state index contributed by atoms with van der Waals surface area (Å²) in [7, 11) is -1.82. The molecule has 2 aromatic carbocycles. The van der Waals surface area contributed by atoms with Crippen LogP contribution in [0.4, 0.5) is 13.2 Å². The fourth-order valence-electron chi connectivity index (χ4n) is 4.43. The SMILES string of the molecule is COc1cc(OCc2sc(-c3ccc(C(F)(F)F)cc3)nc2CN2CCN(S(C)(=O)=O)CC2)ccc1-c1noc(=O)[nH]1. The molecule has 224 valence electrons. The second-order valence-corrected chi connectivity index (χ2v) is 12.6. The Morgan fingerprint density at radius 2 is 1.81 bits per heavy atom. The lowest BCUT2D eigenvalue weighted by atomic mass is 10.1. The predicted octanol–water partition coefficient (Wildman–Crippen LogP) is 3.84. The minimum atomic E-state index is -4.45. The maximum atomic E-state index is 13.1. The number of sulfonamides is 1. The van der Waals surface area contributed by atoms with Crippen molar-refractivity contribution in [3.05, 3.63) is 69.1 Å². The smallest absolute Gasteiger partial charge is 0.439 e. The number of hydrogen-bond acceptors (Lipinski definition) is 10. The van der Waals surface area contributed by atoms with E-state index in [2.05, 4.69) is 19.6 Å². The Balaban J connectivity index is 1.38. The van der Waals surface area contributed by atoms with Gasteiger partial charge in [-0.3, -0.25) is 14.4 Å². The van der Waals surface area contributed by atoms with Crippen molar-refractivity contribution < 1.29 is 35.6 Å². The number of hydrogen-bond donors (Lipinski definition) is 1. The third-order valence-electron chi connectivity index (χ3n) is 6.65.